The van der Waals surface area contributed by atoms with E-state index >= 15 is 0 Å². The number of allylic oxidation sites excluding steroid dienone is 32. The highest BCUT2D eigenvalue weighted by molar-refractivity contribution is 5.71. The predicted octanol–water partition coefficient (Wildman–Crippen LogP) is 22.6. The number of carbonyl (C=O) groups is 3. The zero-order valence-corrected chi connectivity index (χ0v) is 58.2. The topological polar surface area (TPSA) is 108 Å². The first-order valence-electron chi connectivity index (χ1n) is 35.6. The van der Waals surface area contributed by atoms with Crippen molar-refractivity contribution in [2.75, 3.05) is 47.5 Å². The van der Waals surface area contributed by atoms with Crippen molar-refractivity contribution in [1.82, 2.24) is 0 Å². The highest BCUT2D eigenvalue weighted by Crippen LogP contribution is 2.15. The van der Waals surface area contributed by atoms with Crippen molar-refractivity contribution in [3.05, 3.63) is 194 Å². The van der Waals surface area contributed by atoms with E-state index in [1.165, 1.54) is 44.9 Å². The number of nitrogens with zero attached hydrogens (tertiary/aromatic N) is 1. The lowest BCUT2D eigenvalue weighted by atomic mass is 10.0. The quantitative estimate of drug-likeness (QED) is 0.0211. The zero-order chi connectivity index (χ0) is 66.1. The van der Waals surface area contributed by atoms with Crippen LogP contribution in [0.25, 0.3) is 0 Å². The normalized spacial score (nSPS) is 13.9. The molecule has 91 heavy (non-hydrogen) atoms. The third kappa shape index (κ3) is 71.4. The lowest BCUT2D eigenvalue weighted by Crippen LogP contribution is -2.40. The molecule has 0 aromatic carbocycles. The summed E-state index contributed by atoms with van der Waals surface area (Å²) >= 11 is 0. The van der Waals surface area contributed by atoms with Crippen LogP contribution >= 0.6 is 0 Å². The van der Waals surface area contributed by atoms with E-state index in [2.05, 4.69) is 208 Å². The van der Waals surface area contributed by atoms with Gasteiger partial charge in [-0.25, -0.2) is 4.79 Å². The SMILES string of the molecule is CC/C=C\C/C=C\C/C=C\C/C=C\C/C=C\C/C=C\C/C=C\C/C=C\C/C=C\C/C=C\C/C=C\CCCCCCCC(=O)OC(COC(=O)CCCCCCCCCCCCC/C=C\C/C=C\C/C=C\C/C=C\C/C=C\CC)COC(OCC[N+](C)(C)C)C(=O)O. The molecule has 0 aliphatic carbocycles. The minimum atomic E-state index is -1.53. The number of hydrogen-bond acceptors (Lipinski definition) is 7. The van der Waals surface area contributed by atoms with E-state index in [1.807, 2.05) is 21.1 Å². The van der Waals surface area contributed by atoms with Crippen LogP contribution in [0, 0.1) is 0 Å². The molecule has 0 bridgehead atoms. The number of rotatable bonds is 63. The predicted molar refractivity (Wildman–Crippen MR) is 391 cm³/mol. The fraction of sp³-hybridized carbons (Fsp3) is 0.573. The third-order valence-electron chi connectivity index (χ3n) is 14.3. The molecule has 0 spiro atoms. The molecule has 0 saturated carbocycles. The molecule has 9 nitrogen and oxygen atoms in total. The Morgan fingerprint density at radius 3 is 0.879 bits per heavy atom. The minimum Gasteiger partial charge on any atom is -0.477 e. The van der Waals surface area contributed by atoms with Gasteiger partial charge in [-0.3, -0.25) is 9.59 Å². The van der Waals surface area contributed by atoms with Gasteiger partial charge in [-0.05, 0) is 141 Å². The highest BCUT2D eigenvalue weighted by atomic mass is 16.7. The maximum atomic E-state index is 12.9. The fourth-order valence-corrected chi connectivity index (χ4v) is 8.99. The van der Waals surface area contributed by atoms with Crippen molar-refractivity contribution < 1.29 is 42.9 Å². The van der Waals surface area contributed by atoms with Gasteiger partial charge in [0.05, 0.1) is 34.4 Å². The van der Waals surface area contributed by atoms with Crippen LogP contribution in [0.2, 0.25) is 0 Å². The second-order valence-electron chi connectivity index (χ2n) is 24.1. The fourth-order valence-electron chi connectivity index (χ4n) is 8.99. The largest absolute Gasteiger partial charge is 0.477 e. The average Bonchev–Trinajstić information content (AvgIpc) is 3.46. The summed E-state index contributed by atoms with van der Waals surface area (Å²) in [5, 5.41) is 9.75. The Bertz CT molecular complexity index is 2200. The Morgan fingerprint density at radius 2 is 0.593 bits per heavy atom. The number of esters is 2. The zero-order valence-electron chi connectivity index (χ0n) is 58.2. The molecule has 9 heteroatoms. The summed E-state index contributed by atoms with van der Waals surface area (Å²) in [5.74, 6) is -2.06. The first kappa shape index (κ1) is 85.1. The molecule has 0 fully saturated rings. The van der Waals surface area contributed by atoms with Crippen LogP contribution in [0.1, 0.15) is 245 Å². The van der Waals surface area contributed by atoms with E-state index in [0.29, 0.717) is 17.4 Å². The number of carbonyl (C=O) groups excluding carboxylic acids is 2. The molecule has 0 aliphatic heterocycles. The van der Waals surface area contributed by atoms with E-state index in [9.17, 15) is 19.5 Å². The Balaban J connectivity index is 4.25. The number of unbranched alkanes of at least 4 members (excludes halogenated alkanes) is 16. The smallest absolute Gasteiger partial charge is 0.361 e. The van der Waals surface area contributed by atoms with Crippen LogP contribution in [0.15, 0.2) is 194 Å². The molecule has 0 amide bonds. The molecule has 2 atom stereocenters. The number of ether oxygens (including phenoxy) is 4. The molecule has 0 aromatic rings. The number of hydrogen-bond donors (Lipinski definition) is 1. The Morgan fingerprint density at radius 1 is 0.330 bits per heavy atom. The summed E-state index contributed by atoms with van der Waals surface area (Å²) < 4.78 is 22.9. The molecular formula is C82H130NO8+. The van der Waals surface area contributed by atoms with Crippen molar-refractivity contribution in [3.63, 3.8) is 0 Å². The van der Waals surface area contributed by atoms with Gasteiger partial charge >= 0.3 is 17.9 Å². The second kappa shape index (κ2) is 70.0. The number of carboxylic acids is 1. The van der Waals surface area contributed by atoms with Crippen LogP contribution in [-0.2, 0) is 33.3 Å². The summed E-state index contributed by atoms with van der Waals surface area (Å²) in [5.41, 5.74) is 0. The lowest BCUT2D eigenvalue weighted by Gasteiger charge is -2.25. The molecule has 510 valence electrons. The van der Waals surface area contributed by atoms with Gasteiger partial charge in [-0.2, -0.15) is 0 Å². The Kier molecular flexibility index (Phi) is 65.5. The van der Waals surface area contributed by atoms with Gasteiger partial charge in [0.25, 0.3) is 6.29 Å². The van der Waals surface area contributed by atoms with Crippen LogP contribution in [0.5, 0.6) is 0 Å². The highest BCUT2D eigenvalue weighted by Gasteiger charge is 2.25. The van der Waals surface area contributed by atoms with Gasteiger partial charge in [0.2, 0.25) is 0 Å². The summed E-state index contributed by atoms with van der Waals surface area (Å²) in [4.78, 5) is 37.6. The van der Waals surface area contributed by atoms with Crippen molar-refractivity contribution in [2.45, 2.75) is 257 Å². The number of quaternary nitrogens is 1. The number of aliphatic carboxylic acids is 1. The van der Waals surface area contributed by atoms with Crippen molar-refractivity contribution >= 4 is 17.9 Å². The second-order valence-corrected chi connectivity index (χ2v) is 24.1. The average molecular weight is 1260 g/mol. The molecule has 0 heterocycles. The van der Waals surface area contributed by atoms with E-state index in [4.69, 9.17) is 18.9 Å². The molecule has 1 N–H and O–H groups in total. The minimum absolute atomic E-state index is 0.172. The number of carboxylic acid groups (broad SMARTS) is 1. The maximum Gasteiger partial charge on any atom is 0.361 e. The van der Waals surface area contributed by atoms with E-state index < -0.39 is 24.3 Å². The lowest BCUT2D eigenvalue weighted by molar-refractivity contribution is -0.870. The molecule has 0 saturated heterocycles. The Hall–Kier alpha value is -5.87. The van der Waals surface area contributed by atoms with Crippen molar-refractivity contribution in [3.8, 4) is 0 Å². The molecule has 0 rings (SSSR count). The summed E-state index contributed by atoms with van der Waals surface area (Å²) in [6.07, 6.45) is 105. The van der Waals surface area contributed by atoms with E-state index in [-0.39, 0.29) is 38.6 Å². The molecule has 2 unspecified atom stereocenters. The van der Waals surface area contributed by atoms with E-state index in [0.717, 1.165) is 167 Å². The monoisotopic (exact) mass is 1260 g/mol. The standard InChI is InChI=1S/C82H129NO8/c1-6-8-10-12-14-16-18-20-22-24-26-28-30-32-34-35-36-37-38-39-40-41-42-43-44-45-47-49-51-53-55-57-59-61-63-65-67-69-71-73-80(85)91-78(77-90-82(81(86)87)88-75-74-83(3,4)5)76-89-79(84)72-70-68-66-64-62-60-58-56-54-52-50-48-46-33-31-29-27-25-23-21-19-17-15-13-11-9-7-2/h8-11,14-17,20-23,26-29,32-34,36-37,39-40,42-43,45-47,51,53,57,59,78,82H,6-7,12-13,18-19,24-25,30-31,35,38,41,44,48-50,52,54-56,58,60-77H2,1-5H3/p+1/b10-8-,11-9-,16-14-,17-15-,22-20-,23-21-,28-26-,29-27-,34-32-,37-36-,40-39-,43-42-,46-33-,47-45-,53-51-,59-57-. The van der Waals surface area contributed by atoms with E-state index in [1.54, 1.807) is 0 Å². The van der Waals surface area contributed by atoms with Crippen LogP contribution in [0.3, 0.4) is 0 Å². The van der Waals surface area contributed by atoms with Gasteiger partial charge < -0.3 is 28.5 Å². The molecule has 0 aliphatic rings. The first-order valence-corrected chi connectivity index (χ1v) is 35.6. The van der Waals surface area contributed by atoms with Gasteiger partial charge in [0.15, 0.2) is 6.10 Å². The maximum absolute atomic E-state index is 12.9. The van der Waals surface area contributed by atoms with Gasteiger partial charge in [-0.15, -0.1) is 0 Å². The van der Waals surface area contributed by atoms with Crippen LogP contribution in [-0.4, -0.2) is 87.4 Å². The number of likely N-dealkylation sites (N-methyl/N-ethyl adjacent to an activating group) is 1. The molecule has 0 radical (unpaired) electrons. The Labute approximate surface area is 557 Å². The first-order chi connectivity index (χ1) is 44.6. The van der Waals surface area contributed by atoms with Crippen LogP contribution in [0.4, 0.5) is 0 Å². The molecule has 0 aromatic heterocycles. The third-order valence-corrected chi connectivity index (χ3v) is 14.3. The molecular weight excluding hydrogens is 1130 g/mol. The summed E-state index contributed by atoms with van der Waals surface area (Å²) in [7, 11) is 5.95. The summed E-state index contributed by atoms with van der Waals surface area (Å²) in [6, 6.07) is 0. The van der Waals surface area contributed by atoms with Gasteiger partial charge in [0.1, 0.15) is 13.2 Å². The van der Waals surface area contributed by atoms with Gasteiger partial charge in [0, 0.05) is 12.8 Å². The van der Waals surface area contributed by atoms with Crippen molar-refractivity contribution in [1.29, 1.82) is 0 Å². The van der Waals surface area contributed by atoms with Gasteiger partial charge in [-0.1, -0.05) is 285 Å². The van der Waals surface area contributed by atoms with Crippen LogP contribution < -0.4 is 0 Å². The summed E-state index contributed by atoms with van der Waals surface area (Å²) in [6.45, 7) is 4.60. The van der Waals surface area contributed by atoms with Crippen molar-refractivity contribution in [2.24, 2.45) is 0 Å².